The molecule has 2 aliphatic heterocycles. The summed E-state index contributed by atoms with van der Waals surface area (Å²) in [6.45, 7) is -1.89. The summed E-state index contributed by atoms with van der Waals surface area (Å²) in [7, 11) is -4.09. The lowest BCUT2D eigenvalue weighted by Gasteiger charge is -2.38. The molecule has 1 fully saturated rings. The maximum Gasteiger partial charge on any atom is 0.252 e. The molecule has 0 saturated heterocycles. The number of para-hydroxylation sites is 4. The van der Waals surface area contributed by atoms with Gasteiger partial charge in [0.1, 0.15) is 0 Å². The van der Waals surface area contributed by atoms with Crippen molar-refractivity contribution in [1.82, 2.24) is 13.7 Å². The van der Waals surface area contributed by atoms with E-state index in [1.807, 2.05) is 271 Å². The number of nitrogens with zero attached hydrogens (tertiary/aromatic N) is 3. The van der Waals surface area contributed by atoms with Gasteiger partial charge < -0.3 is 13.7 Å². The minimum atomic E-state index is -4.09. The molecule has 5 heteroatoms. The summed E-state index contributed by atoms with van der Waals surface area (Å²) in [5.74, 6) is -1.75. The van der Waals surface area contributed by atoms with Gasteiger partial charge in [-0.05, 0) is 163 Å². The normalized spacial score (nSPS) is 19.9. The third-order valence-electron chi connectivity index (χ3n) is 23.2. The minimum absolute atomic E-state index is 0.0148. The Morgan fingerprint density at radius 3 is 1.19 bits per heavy atom. The summed E-state index contributed by atoms with van der Waals surface area (Å²) in [5.41, 5.74) is -0.425. The van der Waals surface area contributed by atoms with Gasteiger partial charge in [-0.1, -0.05) is 377 Å². The van der Waals surface area contributed by atoms with E-state index in [4.69, 9.17) is 0 Å². The van der Waals surface area contributed by atoms with Crippen molar-refractivity contribution >= 4 is 160 Å². The molecule has 0 amide bonds. The Kier molecular flexibility index (Phi) is 10.8. The average Bonchev–Trinajstić information content (AvgIpc) is 1.15. The molecule has 0 bridgehead atoms. The van der Waals surface area contributed by atoms with Crippen LogP contribution in [-0.4, -0.2) is 28.5 Å². The van der Waals surface area contributed by atoms with E-state index in [9.17, 15) is 31.5 Å². The van der Waals surface area contributed by atoms with Crippen LogP contribution >= 0.6 is 0 Å². The Labute approximate surface area is 690 Å². The van der Waals surface area contributed by atoms with Crippen LogP contribution in [0.4, 0.5) is 0 Å². The standard InChI is InChI=1S/C108H76BN3Si/c1-7-33-71(34-8-1)76-69-101-104-102(70-76)112-106-82(74-37-11-3-12-38-74)56-32-58-94(106)88-50-23-20-47-85(88)86-48-25-26-54-92(86)103-100(110-98-59-29-27-52-90(98)91-53-28-30-60-99(91)110)66-65-96(108(103)112)109(104)97-68-75(72-61-63-80(64-62-72)113(77-39-13-4-14-40-77,78-41-15-5-16-42-78)79-43-17-6-18-44-79)67-95-89-51-24-21-46-84(89)83-45-19-22-49-87(83)93-57-31-55-81(73-35-9-2-10-36-73)105(93)111(101)107(95)97/h2-6,9-32,35-71H,1,7-8,33-34H2/i1D,7D,8D,27D,28D,29D,30D,33D,34D,52D,53D,59D,60D,61D,62D,63D,64D,65D,66D,67D,68D,69D,70D. The molecule has 3 aromatic heterocycles. The quantitative estimate of drug-likeness (QED) is 0.101. The van der Waals surface area contributed by atoms with Crippen molar-refractivity contribution < 1.29 is 31.5 Å². The van der Waals surface area contributed by atoms with E-state index in [0.717, 1.165) is 15.6 Å². The van der Waals surface area contributed by atoms with E-state index in [-0.39, 0.29) is 87.7 Å². The van der Waals surface area contributed by atoms with Crippen molar-refractivity contribution in [3.63, 3.8) is 0 Å². The van der Waals surface area contributed by atoms with Gasteiger partial charge in [0.25, 0.3) is 6.71 Å². The number of fused-ring (bicyclic) bond motifs is 21. The van der Waals surface area contributed by atoms with Gasteiger partial charge >= 0.3 is 0 Å². The molecule has 113 heavy (non-hydrogen) atoms. The van der Waals surface area contributed by atoms with E-state index in [1.54, 1.807) is 22.8 Å². The predicted octanol–water partition coefficient (Wildman–Crippen LogP) is 23.4. The van der Waals surface area contributed by atoms with E-state index in [1.165, 1.54) is 4.57 Å². The summed E-state index contributed by atoms with van der Waals surface area (Å²) < 4.78 is 251. The molecule has 1 saturated carbocycles. The predicted molar refractivity (Wildman–Crippen MR) is 485 cm³/mol. The minimum Gasteiger partial charge on any atom is -0.310 e. The van der Waals surface area contributed by atoms with Gasteiger partial charge in [-0.2, -0.15) is 0 Å². The monoisotopic (exact) mass is 1480 g/mol. The number of rotatable bonds is 9. The highest BCUT2D eigenvalue weighted by Crippen LogP contribution is 2.48. The Morgan fingerprint density at radius 2 is 0.699 bits per heavy atom. The van der Waals surface area contributed by atoms with Gasteiger partial charge in [0.15, 0.2) is 8.07 Å². The van der Waals surface area contributed by atoms with Gasteiger partial charge in [0, 0.05) is 67.2 Å². The molecule has 4 unspecified atom stereocenters. The maximum absolute atomic E-state index is 12.3. The summed E-state index contributed by atoms with van der Waals surface area (Å²) in [6.07, 6.45) is -8.72. The molecular weight excluding hydrogens is 1380 g/mol. The van der Waals surface area contributed by atoms with E-state index in [2.05, 4.69) is 0 Å². The third-order valence-corrected chi connectivity index (χ3v) is 27.8. The fourth-order valence-electron chi connectivity index (χ4n) is 18.5. The van der Waals surface area contributed by atoms with Crippen LogP contribution in [0, 0.1) is 0 Å². The zero-order valence-electron chi connectivity index (χ0n) is 83.5. The smallest absolute Gasteiger partial charge is 0.252 e. The van der Waals surface area contributed by atoms with Crippen molar-refractivity contribution in [3.8, 4) is 50.4 Å². The Balaban J connectivity index is 1.07. The number of benzene rings is 17. The highest BCUT2D eigenvalue weighted by Gasteiger charge is 2.44. The van der Waals surface area contributed by atoms with Crippen LogP contribution in [0.1, 0.15) is 75.0 Å². The molecule has 0 radical (unpaired) electrons. The average molecular weight is 1480 g/mol. The van der Waals surface area contributed by atoms with Crippen molar-refractivity contribution in [2.45, 2.75) is 37.9 Å². The van der Waals surface area contributed by atoms with E-state index >= 15 is 0 Å². The first-order valence-corrected chi connectivity index (χ1v) is 40.0. The number of hydrogen-bond acceptors (Lipinski definition) is 0. The molecule has 3 aliphatic rings. The largest absolute Gasteiger partial charge is 0.310 e. The lowest BCUT2D eigenvalue weighted by molar-refractivity contribution is 0.443. The summed E-state index contributed by atoms with van der Waals surface area (Å²) in [4.78, 5) is 0. The van der Waals surface area contributed by atoms with Crippen LogP contribution in [-0.2, 0) is 0 Å². The molecule has 0 N–H and O–H groups in total. The molecule has 4 atom stereocenters. The maximum atomic E-state index is 12.3. The van der Waals surface area contributed by atoms with Gasteiger partial charge in [-0.15, -0.1) is 0 Å². The van der Waals surface area contributed by atoms with Gasteiger partial charge in [-0.3, -0.25) is 0 Å². The van der Waals surface area contributed by atoms with Crippen LogP contribution in [0.25, 0.3) is 159 Å². The van der Waals surface area contributed by atoms with Gasteiger partial charge in [0.2, 0.25) is 0 Å². The molecule has 3 nitrogen and oxygen atoms in total. The molecule has 23 rings (SSSR count). The van der Waals surface area contributed by atoms with E-state index in [0.29, 0.717) is 76.2 Å². The van der Waals surface area contributed by atoms with Crippen LogP contribution in [0.15, 0.2) is 394 Å². The fraction of sp³-hybridized carbons (Fsp3) is 0.0556. The second-order valence-electron chi connectivity index (χ2n) is 29.1. The second-order valence-corrected chi connectivity index (χ2v) is 32.8. The zero-order valence-corrected chi connectivity index (χ0v) is 61.5. The highest BCUT2D eigenvalue weighted by molar-refractivity contribution is 7.20. The third kappa shape index (κ3) is 9.94. The molecule has 20 aromatic rings. The zero-order chi connectivity index (χ0) is 94.3. The number of aromatic nitrogens is 3. The molecular formula is C108H76BN3Si. The lowest BCUT2D eigenvalue weighted by atomic mass is 9.34. The SMILES string of the molecule is [2H]c1c([2H])c([Si](c2ccccc2)(c2ccccc2)c2ccccc2)c([2H])c([2H])c1-c1c([2H])c2c3c(c1[2H])c1ccccc1c1ccccc1c1cccc(-c4ccccc4)c1n3-c1c([2H])c(C3C([2H])C([2H])C([2H])C([2H])C3[2H])c([2H])c3c1B2c1c([2H])c([2H])c(-n2c4c([2H])c([2H])c([2H])c([2H])c4c4c([2H])c([2H])c([2H])c([2H])c42)c2c4ccccc4c4ccccc4c4cccc(-c5ccccc5)c4n-3c12. The lowest BCUT2D eigenvalue weighted by Crippen LogP contribution is -2.74. The number of hydrogen-bond donors (Lipinski definition) is 0. The Hall–Kier alpha value is -13.6. The molecule has 5 heterocycles. The summed E-state index contributed by atoms with van der Waals surface area (Å²) >= 11 is 0. The first kappa shape index (κ1) is 46.2. The molecule has 1 aliphatic carbocycles. The second kappa shape index (κ2) is 26.3. The van der Waals surface area contributed by atoms with Crippen LogP contribution in [0.2, 0.25) is 0 Å². The van der Waals surface area contributed by atoms with Crippen molar-refractivity contribution in [2.24, 2.45) is 0 Å². The first-order valence-electron chi connectivity index (χ1n) is 49.9. The fourth-order valence-corrected chi connectivity index (χ4v) is 23.0. The molecule has 17 aromatic carbocycles. The van der Waals surface area contributed by atoms with Crippen LogP contribution in [0.5, 0.6) is 0 Å². The van der Waals surface area contributed by atoms with Crippen LogP contribution < -0.4 is 37.1 Å². The summed E-state index contributed by atoms with van der Waals surface area (Å²) in [5, 5.41) is 6.23. The summed E-state index contributed by atoms with van der Waals surface area (Å²) in [6, 6.07) is 76.7. The van der Waals surface area contributed by atoms with Gasteiger partial charge in [-0.25, -0.2) is 0 Å². The molecule has 0 spiro atoms. The van der Waals surface area contributed by atoms with E-state index < -0.39 is 184 Å². The Bertz CT molecular complexity index is 8630. The van der Waals surface area contributed by atoms with Gasteiger partial charge in [0.05, 0.1) is 57.9 Å². The topological polar surface area (TPSA) is 14.8 Å². The van der Waals surface area contributed by atoms with Crippen molar-refractivity contribution in [3.05, 3.63) is 399 Å². The molecule has 530 valence electrons. The highest BCUT2D eigenvalue weighted by atomic mass is 28.3. The first-order chi connectivity index (χ1) is 65.7. The van der Waals surface area contributed by atoms with Crippen molar-refractivity contribution in [1.29, 1.82) is 0 Å². The van der Waals surface area contributed by atoms with Crippen LogP contribution in [0.3, 0.4) is 0 Å². The van der Waals surface area contributed by atoms with Crippen molar-refractivity contribution in [2.75, 3.05) is 0 Å². The Morgan fingerprint density at radius 1 is 0.283 bits per heavy atom.